The van der Waals surface area contributed by atoms with E-state index in [1.54, 1.807) is 6.20 Å². The van der Waals surface area contributed by atoms with Gasteiger partial charge in [0.25, 0.3) is 0 Å². The van der Waals surface area contributed by atoms with Gasteiger partial charge in [-0.1, -0.05) is 0 Å². The average Bonchev–Trinajstić information content (AvgIpc) is 2.30. The number of piperidine rings is 1. The summed E-state index contributed by atoms with van der Waals surface area (Å²) in [4.78, 5) is 13.8. The Morgan fingerprint density at radius 1 is 1.40 bits per heavy atom. The zero-order valence-electron chi connectivity index (χ0n) is 8.35. The van der Waals surface area contributed by atoms with Gasteiger partial charge in [0.1, 0.15) is 6.20 Å². The lowest BCUT2D eigenvalue weighted by atomic mass is 9.91. The molecule has 0 amide bonds. The summed E-state index contributed by atoms with van der Waals surface area (Å²) in [6.07, 6.45) is 3.80. The molecule has 1 aromatic rings. The molecule has 0 radical (unpaired) electrons. The second-order valence-corrected chi connectivity index (χ2v) is 3.73. The first-order valence-electron chi connectivity index (χ1n) is 5.08. The zero-order chi connectivity index (χ0) is 10.7. The molecule has 5 nitrogen and oxygen atoms in total. The SMILES string of the molecule is O=[N+]([O-])c1ccc(C2CCNCC2)cn1. The van der Waals surface area contributed by atoms with Gasteiger partial charge in [0, 0.05) is 6.07 Å². The van der Waals surface area contributed by atoms with Gasteiger partial charge in [0.15, 0.2) is 0 Å². The predicted octanol–water partition coefficient (Wildman–Crippen LogP) is 1.46. The molecule has 15 heavy (non-hydrogen) atoms. The van der Waals surface area contributed by atoms with Gasteiger partial charge < -0.3 is 15.4 Å². The molecular formula is C10H13N3O2. The highest BCUT2D eigenvalue weighted by Gasteiger charge is 2.17. The third-order valence-corrected chi connectivity index (χ3v) is 2.77. The standard InChI is InChI=1S/C10H13N3O2/c14-13(15)10-2-1-9(7-12-10)8-3-5-11-6-4-8/h1-2,7-8,11H,3-6H2. The van der Waals surface area contributed by atoms with Crippen molar-refractivity contribution in [3.05, 3.63) is 34.0 Å². The van der Waals surface area contributed by atoms with Gasteiger partial charge in [0.2, 0.25) is 0 Å². The molecule has 5 heteroatoms. The number of hydrogen-bond donors (Lipinski definition) is 1. The number of hydrogen-bond acceptors (Lipinski definition) is 4. The van der Waals surface area contributed by atoms with Crippen LogP contribution in [0.25, 0.3) is 0 Å². The molecule has 1 aliphatic rings. The van der Waals surface area contributed by atoms with Crippen LogP contribution < -0.4 is 5.32 Å². The Hall–Kier alpha value is -1.49. The molecule has 0 saturated carbocycles. The van der Waals surface area contributed by atoms with E-state index in [1.165, 1.54) is 6.07 Å². The number of aromatic nitrogens is 1. The van der Waals surface area contributed by atoms with E-state index in [0.29, 0.717) is 5.92 Å². The van der Waals surface area contributed by atoms with Gasteiger partial charge in [-0.2, -0.15) is 0 Å². The Bertz CT molecular complexity index is 344. The van der Waals surface area contributed by atoms with Crippen molar-refractivity contribution in [1.82, 2.24) is 10.3 Å². The maximum absolute atomic E-state index is 10.4. The number of rotatable bonds is 2. The normalized spacial score (nSPS) is 17.6. The highest BCUT2D eigenvalue weighted by Crippen LogP contribution is 2.25. The summed E-state index contributed by atoms with van der Waals surface area (Å²) in [5, 5.41) is 13.7. The van der Waals surface area contributed by atoms with Crippen molar-refractivity contribution in [2.24, 2.45) is 0 Å². The van der Waals surface area contributed by atoms with Gasteiger partial charge in [-0.25, -0.2) is 0 Å². The molecule has 1 fully saturated rings. The van der Waals surface area contributed by atoms with Crippen LogP contribution in [-0.4, -0.2) is 23.0 Å². The smallest absolute Gasteiger partial charge is 0.358 e. The average molecular weight is 207 g/mol. The van der Waals surface area contributed by atoms with Crippen molar-refractivity contribution in [2.75, 3.05) is 13.1 Å². The van der Waals surface area contributed by atoms with Crippen LogP contribution in [0.15, 0.2) is 18.3 Å². The maximum atomic E-state index is 10.4. The molecular weight excluding hydrogens is 194 g/mol. The summed E-state index contributed by atoms with van der Waals surface area (Å²) in [7, 11) is 0. The molecule has 80 valence electrons. The van der Waals surface area contributed by atoms with Gasteiger partial charge in [-0.05, 0) is 53.4 Å². The molecule has 1 N–H and O–H groups in total. The van der Waals surface area contributed by atoms with Crippen molar-refractivity contribution in [3.63, 3.8) is 0 Å². The fourth-order valence-corrected chi connectivity index (χ4v) is 1.90. The molecule has 0 bridgehead atoms. The molecule has 2 rings (SSSR count). The summed E-state index contributed by atoms with van der Waals surface area (Å²) < 4.78 is 0. The number of nitrogens with zero attached hydrogens (tertiary/aromatic N) is 2. The zero-order valence-corrected chi connectivity index (χ0v) is 8.35. The Morgan fingerprint density at radius 2 is 2.13 bits per heavy atom. The van der Waals surface area contributed by atoms with Gasteiger partial charge >= 0.3 is 5.82 Å². The third kappa shape index (κ3) is 2.30. The number of nitrogens with one attached hydrogen (secondary N) is 1. The summed E-state index contributed by atoms with van der Waals surface area (Å²) in [6.45, 7) is 2.03. The molecule has 1 aromatic heterocycles. The molecule has 0 aliphatic carbocycles. The Labute approximate surface area is 87.7 Å². The van der Waals surface area contributed by atoms with Crippen LogP contribution in [0.5, 0.6) is 0 Å². The summed E-state index contributed by atoms with van der Waals surface area (Å²) >= 11 is 0. The second-order valence-electron chi connectivity index (χ2n) is 3.73. The highest BCUT2D eigenvalue weighted by atomic mass is 16.6. The molecule has 1 saturated heterocycles. The van der Waals surface area contributed by atoms with E-state index in [1.807, 2.05) is 6.07 Å². The predicted molar refractivity (Wildman–Crippen MR) is 55.7 cm³/mol. The fraction of sp³-hybridized carbons (Fsp3) is 0.500. The van der Waals surface area contributed by atoms with Crippen LogP contribution in [0.2, 0.25) is 0 Å². The summed E-state index contributed by atoms with van der Waals surface area (Å²) in [6, 6.07) is 3.30. The number of nitro groups is 1. The molecule has 1 aliphatic heterocycles. The quantitative estimate of drug-likeness (QED) is 0.588. The lowest BCUT2D eigenvalue weighted by Crippen LogP contribution is -2.26. The minimum atomic E-state index is -0.466. The van der Waals surface area contributed by atoms with Crippen LogP contribution in [0.1, 0.15) is 24.3 Å². The van der Waals surface area contributed by atoms with Crippen LogP contribution in [0, 0.1) is 10.1 Å². The van der Waals surface area contributed by atoms with Crippen molar-refractivity contribution >= 4 is 5.82 Å². The Morgan fingerprint density at radius 3 is 2.67 bits per heavy atom. The molecule has 0 aromatic carbocycles. The second kappa shape index (κ2) is 4.35. The number of pyridine rings is 1. The lowest BCUT2D eigenvalue weighted by molar-refractivity contribution is -0.389. The van der Waals surface area contributed by atoms with Crippen LogP contribution in [-0.2, 0) is 0 Å². The van der Waals surface area contributed by atoms with Crippen molar-refractivity contribution in [1.29, 1.82) is 0 Å². The van der Waals surface area contributed by atoms with Crippen molar-refractivity contribution < 1.29 is 4.92 Å². The summed E-state index contributed by atoms with van der Waals surface area (Å²) in [5.74, 6) is 0.423. The summed E-state index contributed by atoms with van der Waals surface area (Å²) in [5.41, 5.74) is 1.11. The van der Waals surface area contributed by atoms with Crippen LogP contribution in [0.4, 0.5) is 5.82 Å². The van der Waals surface area contributed by atoms with Crippen LogP contribution >= 0.6 is 0 Å². The highest BCUT2D eigenvalue weighted by molar-refractivity contribution is 5.25. The maximum Gasteiger partial charge on any atom is 0.363 e. The van der Waals surface area contributed by atoms with E-state index >= 15 is 0 Å². The van der Waals surface area contributed by atoms with Gasteiger partial charge in [0.05, 0.1) is 0 Å². The largest absolute Gasteiger partial charge is 0.363 e. The molecule has 2 heterocycles. The Balaban J connectivity index is 2.11. The third-order valence-electron chi connectivity index (χ3n) is 2.77. The first-order valence-corrected chi connectivity index (χ1v) is 5.08. The minimum absolute atomic E-state index is 0.0762. The molecule has 0 spiro atoms. The van der Waals surface area contributed by atoms with E-state index < -0.39 is 4.92 Å². The Kier molecular flexibility index (Phi) is 2.91. The van der Waals surface area contributed by atoms with Crippen LogP contribution in [0.3, 0.4) is 0 Å². The van der Waals surface area contributed by atoms with E-state index in [2.05, 4.69) is 10.3 Å². The first-order chi connectivity index (χ1) is 7.27. The van der Waals surface area contributed by atoms with E-state index in [9.17, 15) is 10.1 Å². The van der Waals surface area contributed by atoms with E-state index in [0.717, 1.165) is 31.5 Å². The minimum Gasteiger partial charge on any atom is -0.358 e. The van der Waals surface area contributed by atoms with Gasteiger partial charge in [-0.15, -0.1) is 0 Å². The van der Waals surface area contributed by atoms with E-state index in [-0.39, 0.29) is 5.82 Å². The topological polar surface area (TPSA) is 68.1 Å². The molecule has 0 unspecified atom stereocenters. The monoisotopic (exact) mass is 207 g/mol. The first kappa shape index (κ1) is 10.0. The lowest BCUT2D eigenvalue weighted by Gasteiger charge is -2.21. The van der Waals surface area contributed by atoms with Crippen molar-refractivity contribution in [2.45, 2.75) is 18.8 Å². The van der Waals surface area contributed by atoms with Crippen molar-refractivity contribution in [3.8, 4) is 0 Å². The fourth-order valence-electron chi connectivity index (χ4n) is 1.90. The van der Waals surface area contributed by atoms with E-state index in [4.69, 9.17) is 0 Å². The molecule has 0 atom stereocenters. The van der Waals surface area contributed by atoms with Gasteiger partial charge in [-0.3, -0.25) is 0 Å².